The third kappa shape index (κ3) is 13.4. The van der Waals surface area contributed by atoms with Gasteiger partial charge in [-0.05, 0) is 12.8 Å². The fourth-order valence-electron chi connectivity index (χ4n) is 2.10. The molecule has 0 fully saturated rings. The number of nitrogens with zero attached hydrogens (tertiary/aromatic N) is 1. The normalized spacial score (nSPS) is 12.1. The number of hydrogen-bond acceptors (Lipinski definition) is 2. The highest BCUT2D eigenvalue weighted by Gasteiger charge is 2.02. The Morgan fingerprint density at radius 1 is 0.889 bits per heavy atom. The Labute approximate surface area is 111 Å². The van der Waals surface area contributed by atoms with Crippen LogP contribution in [0.5, 0.6) is 0 Å². The molecule has 1 atom stereocenters. The van der Waals surface area contributed by atoms with Gasteiger partial charge in [-0.1, -0.05) is 71.1 Å². The monoisotopic (exact) mass is 257 g/mol. The molecule has 0 bridgehead atoms. The highest BCUT2D eigenvalue weighted by Crippen LogP contribution is 2.13. The minimum Gasteiger partial charge on any atom is -0.221 e. The molecule has 0 heterocycles. The Morgan fingerprint density at radius 2 is 1.33 bits per heavy atom. The fourth-order valence-corrected chi connectivity index (χ4v) is 2.10. The standard InChI is InChI=1S/C15H28FNO/c1-2-3-4-5-6-7-8-9-10-11-12-13-15(16)17-14-18/h15H,2-13H2,1H3. The van der Waals surface area contributed by atoms with Crippen LogP contribution < -0.4 is 0 Å². The summed E-state index contributed by atoms with van der Waals surface area (Å²) in [5.74, 6) is 0. The van der Waals surface area contributed by atoms with Crippen molar-refractivity contribution in [2.24, 2.45) is 4.99 Å². The number of hydrogen-bond donors (Lipinski definition) is 0. The molecule has 0 aromatic carbocycles. The van der Waals surface area contributed by atoms with Gasteiger partial charge in [-0.25, -0.2) is 9.18 Å². The van der Waals surface area contributed by atoms with E-state index in [1.165, 1.54) is 63.9 Å². The molecule has 0 saturated heterocycles. The van der Waals surface area contributed by atoms with Crippen LogP contribution in [0.2, 0.25) is 0 Å². The van der Waals surface area contributed by atoms with Crippen molar-refractivity contribution in [3.05, 3.63) is 0 Å². The van der Waals surface area contributed by atoms with Crippen molar-refractivity contribution >= 4 is 6.08 Å². The maximum atomic E-state index is 12.8. The van der Waals surface area contributed by atoms with Gasteiger partial charge in [-0.3, -0.25) is 0 Å². The van der Waals surface area contributed by atoms with Crippen LogP contribution >= 0.6 is 0 Å². The van der Waals surface area contributed by atoms with Crippen LogP contribution in [0.15, 0.2) is 4.99 Å². The number of unbranched alkanes of at least 4 members (excludes halogenated alkanes) is 10. The Balaban J connectivity index is 3.05. The summed E-state index contributed by atoms with van der Waals surface area (Å²) >= 11 is 0. The Bertz CT molecular complexity index is 215. The molecule has 0 rings (SSSR count). The van der Waals surface area contributed by atoms with Crippen LogP contribution in [0.1, 0.15) is 84.0 Å². The zero-order valence-corrected chi connectivity index (χ0v) is 11.8. The fraction of sp³-hybridized carbons (Fsp3) is 0.933. The lowest BCUT2D eigenvalue weighted by Crippen LogP contribution is -1.94. The Hall–Kier alpha value is -0.690. The van der Waals surface area contributed by atoms with Gasteiger partial charge >= 0.3 is 0 Å². The van der Waals surface area contributed by atoms with E-state index < -0.39 is 6.30 Å². The first-order valence-corrected chi connectivity index (χ1v) is 7.52. The van der Waals surface area contributed by atoms with Crippen LogP contribution in [0.3, 0.4) is 0 Å². The zero-order chi connectivity index (χ0) is 13.5. The maximum Gasteiger partial charge on any atom is 0.237 e. The third-order valence-corrected chi connectivity index (χ3v) is 3.24. The van der Waals surface area contributed by atoms with Crippen molar-refractivity contribution in [3.8, 4) is 0 Å². The van der Waals surface area contributed by atoms with Crippen molar-refractivity contribution in [1.29, 1.82) is 0 Å². The molecule has 18 heavy (non-hydrogen) atoms. The molecular formula is C15H28FNO. The summed E-state index contributed by atoms with van der Waals surface area (Å²) in [7, 11) is 0. The first kappa shape index (κ1) is 17.3. The molecule has 0 spiro atoms. The summed E-state index contributed by atoms with van der Waals surface area (Å²) in [5.41, 5.74) is 0. The van der Waals surface area contributed by atoms with Gasteiger partial charge in [0.05, 0.1) is 0 Å². The molecule has 2 nitrogen and oxygen atoms in total. The minimum absolute atomic E-state index is 0.367. The predicted octanol–water partition coefficient (Wildman–Crippen LogP) is 5.32. The third-order valence-electron chi connectivity index (χ3n) is 3.24. The van der Waals surface area contributed by atoms with E-state index in [4.69, 9.17) is 0 Å². The summed E-state index contributed by atoms with van der Waals surface area (Å²) in [4.78, 5) is 12.8. The van der Waals surface area contributed by atoms with E-state index in [0.29, 0.717) is 6.42 Å². The number of carbonyl (C=O) groups excluding carboxylic acids is 1. The van der Waals surface area contributed by atoms with Gasteiger partial charge in [0.2, 0.25) is 12.4 Å². The van der Waals surface area contributed by atoms with Crippen LogP contribution in [0.25, 0.3) is 0 Å². The molecule has 0 N–H and O–H groups in total. The van der Waals surface area contributed by atoms with Crippen molar-refractivity contribution < 1.29 is 9.18 Å². The molecule has 0 aromatic heterocycles. The molecule has 0 aliphatic heterocycles. The highest BCUT2D eigenvalue weighted by molar-refractivity contribution is 5.33. The van der Waals surface area contributed by atoms with Gasteiger partial charge in [0, 0.05) is 0 Å². The van der Waals surface area contributed by atoms with Crippen LogP contribution in [-0.2, 0) is 4.79 Å². The largest absolute Gasteiger partial charge is 0.237 e. The quantitative estimate of drug-likeness (QED) is 0.190. The highest BCUT2D eigenvalue weighted by atomic mass is 19.1. The molecular weight excluding hydrogens is 229 g/mol. The van der Waals surface area contributed by atoms with E-state index in [-0.39, 0.29) is 0 Å². The second kappa shape index (κ2) is 14.4. The average molecular weight is 257 g/mol. The van der Waals surface area contributed by atoms with Crippen LogP contribution in [-0.4, -0.2) is 12.4 Å². The summed E-state index contributed by atoms with van der Waals surface area (Å²) in [6.45, 7) is 2.24. The van der Waals surface area contributed by atoms with Crippen molar-refractivity contribution in [3.63, 3.8) is 0 Å². The lowest BCUT2D eigenvalue weighted by Gasteiger charge is -2.03. The molecule has 3 heteroatoms. The summed E-state index contributed by atoms with van der Waals surface area (Å²) in [6, 6.07) is 0. The van der Waals surface area contributed by atoms with E-state index in [1.807, 2.05) is 0 Å². The molecule has 0 radical (unpaired) electrons. The van der Waals surface area contributed by atoms with Crippen molar-refractivity contribution in [2.75, 3.05) is 0 Å². The number of isocyanates is 1. The predicted molar refractivity (Wildman–Crippen MR) is 74.1 cm³/mol. The van der Waals surface area contributed by atoms with Gasteiger partial charge in [0.15, 0.2) is 0 Å². The molecule has 0 aromatic rings. The number of rotatable bonds is 13. The van der Waals surface area contributed by atoms with Gasteiger partial charge in [-0.15, -0.1) is 0 Å². The van der Waals surface area contributed by atoms with Crippen LogP contribution in [0, 0.1) is 0 Å². The van der Waals surface area contributed by atoms with Crippen molar-refractivity contribution in [2.45, 2.75) is 90.3 Å². The topological polar surface area (TPSA) is 29.4 Å². The molecule has 0 aliphatic rings. The van der Waals surface area contributed by atoms with E-state index >= 15 is 0 Å². The van der Waals surface area contributed by atoms with E-state index in [2.05, 4.69) is 11.9 Å². The lowest BCUT2D eigenvalue weighted by atomic mass is 10.1. The molecule has 0 aliphatic carbocycles. The average Bonchev–Trinajstić information content (AvgIpc) is 2.36. The Morgan fingerprint density at radius 3 is 1.78 bits per heavy atom. The second-order valence-electron chi connectivity index (χ2n) is 4.98. The Kier molecular flexibility index (Phi) is 13.8. The molecule has 0 amide bonds. The minimum atomic E-state index is -1.33. The lowest BCUT2D eigenvalue weighted by molar-refractivity contribution is 0.315. The van der Waals surface area contributed by atoms with Crippen molar-refractivity contribution in [1.82, 2.24) is 0 Å². The van der Waals surface area contributed by atoms with Crippen LogP contribution in [0.4, 0.5) is 4.39 Å². The van der Waals surface area contributed by atoms with Gasteiger partial charge in [0.25, 0.3) is 0 Å². The smallest absolute Gasteiger partial charge is 0.221 e. The number of alkyl halides is 1. The molecule has 106 valence electrons. The second-order valence-corrected chi connectivity index (χ2v) is 4.98. The SMILES string of the molecule is CCCCCCCCCCCCCC(F)N=C=O. The summed E-state index contributed by atoms with van der Waals surface area (Å²) in [5, 5.41) is 0. The van der Waals surface area contributed by atoms with Gasteiger partial charge in [-0.2, -0.15) is 4.99 Å². The van der Waals surface area contributed by atoms with Gasteiger partial charge in [0.1, 0.15) is 0 Å². The van der Waals surface area contributed by atoms with E-state index in [9.17, 15) is 9.18 Å². The van der Waals surface area contributed by atoms with E-state index in [0.717, 1.165) is 12.8 Å². The number of halogens is 1. The summed E-state index contributed by atoms with van der Waals surface area (Å²) < 4.78 is 12.8. The maximum absolute atomic E-state index is 12.8. The molecule has 0 saturated carbocycles. The molecule has 1 unspecified atom stereocenters. The van der Waals surface area contributed by atoms with E-state index in [1.54, 1.807) is 0 Å². The first-order valence-electron chi connectivity index (χ1n) is 7.52. The van der Waals surface area contributed by atoms with Gasteiger partial charge < -0.3 is 0 Å². The first-order chi connectivity index (χ1) is 8.81. The summed E-state index contributed by atoms with van der Waals surface area (Å²) in [6.07, 6.45) is 14.0. The zero-order valence-electron chi connectivity index (χ0n) is 11.8. The number of aliphatic imine (C=N–C) groups is 1.